The number of carbonyl (C=O) groups is 3. The van der Waals surface area contributed by atoms with Gasteiger partial charge >= 0.3 is 12.1 Å². The minimum atomic E-state index is -1.22. The molecule has 1 aliphatic heterocycles. The number of hydrogen-bond acceptors (Lipinski definition) is 6. The van der Waals surface area contributed by atoms with Crippen molar-refractivity contribution in [3.8, 4) is 22.6 Å². The quantitative estimate of drug-likeness (QED) is 0.353. The van der Waals surface area contributed by atoms with Gasteiger partial charge in [0.15, 0.2) is 18.1 Å². The number of carboxylic acid groups (broad SMARTS) is 1. The average molecular weight is 559 g/mol. The van der Waals surface area contributed by atoms with Gasteiger partial charge in [0.05, 0.1) is 6.61 Å². The van der Waals surface area contributed by atoms with Crippen LogP contribution in [0.4, 0.5) is 4.79 Å². The van der Waals surface area contributed by atoms with Crippen molar-refractivity contribution in [1.82, 2.24) is 10.2 Å². The molecule has 2 aliphatic rings. The van der Waals surface area contributed by atoms with Gasteiger partial charge in [-0.3, -0.25) is 4.79 Å². The Bertz CT molecular complexity index is 1370. The van der Waals surface area contributed by atoms with Gasteiger partial charge in [-0.2, -0.15) is 0 Å². The Morgan fingerprint density at radius 2 is 1.59 bits per heavy atom. The van der Waals surface area contributed by atoms with Crippen LogP contribution in [0, 0.1) is 0 Å². The number of likely N-dealkylation sites (tertiary alicyclic amines) is 1. The summed E-state index contributed by atoms with van der Waals surface area (Å²) in [6.45, 7) is 3.66. The van der Waals surface area contributed by atoms with E-state index in [0.717, 1.165) is 48.2 Å². The first-order valence-corrected chi connectivity index (χ1v) is 13.9. The van der Waals surface area contributed by atoms with Crippen LogP contribution in [0.2, 0.25) is 0 Å². The first kappa shape index (κ1) is 28.0. The fraction of sp³-hybridized carbons (Fsp3) is 0.344. The van der Waals surface area contributed by atoms with Crippen LogP contribution in [0.25, 0.3) is 11.1 Å². The number of nitrogens with one attached hydrogen (secondary N) is 1. The van der Waals surface area contributed by atoms with Gasteiger partial charge in [-0.25, -0.2) is 9.59 Å². The third kappa shape index (κ3) is 6.45. The minimum absolute atomic E-state index is 0.00654. The Kier molecular flexibility index (Phi) is 8.72. The molecule has 1 saturated heterocycles. The molecule has 214 valence electrons. The van der Waals surface area contributed by atoms with Crippen molar-refractivity contribution >= 4 is 18.0 Å². The average Bonchev–Trinajstić information content (AvgIpc) is 3.62. The van der Waals surface area contributed by atoms with E-state index in [9.17, 15) is 19.5 Å². The first-order valence-electron chi connectivity index (χ1n) is 13.9. The lowest BCUT2D eigenvalue weighted by atomic mass is 9.98. The zero-order valence-corrected chi connectivity index (χ0v) is 23.0. The smallest absolute Gasteiger partial charge is 0.407 e. The Hall–Kier alpha value is -4.53. The van der Waals surface area contributed by atoms with Gasteiger partial charge in [0.2, 0.25) is 0 Å². The van der Waals surface area contributed by atoms with Crippen LogP contribution < -0.4 is 14.8 Å². The highest BCUT2D eigenvalue weighted by atomic mass is 16.5. The predicted molar refractivity (Wildman–Crippen MR) is 152 cm³/mol. The molecule has 5 rings (SSSR count). The van der Waals surface area contributed by atoms with E-state index in [-0.39, 0.29) is 31.5 Å². The molecule has 0 aromatic heterocycles. The normalized spacial score (nSPS) is 14.6. The molecule has 1 atom stereocenters. The van der Waals surface area contributed by atoms with E-state index in [1.807, 2.05) is 55.5 Å². The number of rotatable bonds is 11. The van der Waals surface area contributed by atoms with Crippen molar-refractivity contribution in [3.05, 3.63) is 83.4 Å². The molecule has 1 fully saturated rings. The van der Waals surface area contributed by atoms with Crippen molar-refractivity contribution in [3.63, 3.8) is 0 Å². The van der Waals surface area contributed by atoms with Crippen LogP contribution >= 0.6 is 0 Å². The first-order chi connectivity index (χ1) is 19.9. The Morgan fingerprint density at radius 1 is 0.927 bits per heavy atom. The van der Waals surface area contributed by atoms with E-state index in [4.69, 9.17) is 14.2 Å². The third-order valence-corrected chi connectivity index (χ3v) is 7.49. The monoisotopic (exact) mass is 558 g/mol. The SMILES string of the molecule is CCOc1cc(CC(NC(=O)OCC2c3ccccc3-c3ccccc32)C(=O)O)ccc1OCC(=O)N1CCCC1. The number of aliphatic carboxylic acids is 1. The zero-order chi connectivity index (χ0) is 28.8. The summed E-state index contributed by atoms with van der Waals surface area (Å²) in [5.74, 6) is -0.584. The summed E-state index contributed by atoms with van der Waals surface area (Å²) < 4.78 is 17.0. The van der Waals surface area contributed by atoms with Gasteiger partial charge in [0.25, 0.3) is 5.91 Å². The number of carbonyl (C=O) groups excluding carboxylic acids is 2. The lowest BCUT2D eigenvalue weighted by Gasteiger charge is -2.19. The van der Waals surface area contributed by atoms with E-state index in [2.05, 4.69) is 5.32 Å². The van der Waals surface area contributed by atoms with Gasteiger partial charge in [0, 0.05) is 25.4 Å². The predicted octanol–water partition coefficient (Wildman–Crippen LogP) is 4.62. The van der Waals surface area contributed by atoms with Crippen molar-refractivity contribution < 1.29 is 33.7 Å². The van der Waals surface area contributed by atoms with E-state index >= 15 is 0 Å². The van der Waals surface area contributed by atoms with Gasteiger partial charge in [-0.15, -0.1) is 0 Å². The second-order valence-corrected chi connectivity index (χ2v) is 10.2. The van der Waals surface area contributed by atoms with E-state index < -0.39 is 18.1 Å². The summed E-state index contributed by atoms with van der Waals surface area (Å²) in [7, 11) is 0. The lowest BCUT2D eigenvalue weighted by Crippen LogP contribution is -2.42. The summed E-state index contributed by atoms with van der Waals surface area (Å²) in [4.78, 5) is 38.9. The maximum atomic E-state index is 12.7. The molecule has 2 N–H and O–H groups in total. The van der Waals surface area contributed by atoms with Crippen LogP contribution in [0.5, 0.6) is 11.5 Å². The molecule has 1 aliphatic carbocycles. The molecule has 9 nitrogen and oxygen atoms in total. The highest BCUT2D eigenvalue weighted by Crippen LogP contribution is 2.44. The van der Waals surface area contributed by atoms with Crippen molar-refractivity contribution in [2.75, 3.05) is 32.9 Å². The van der Waals surface area contributed by atoms with E-state index in [1.165, 1.54) is 0 Å². The molecule has 3 aromatic carbocycles. The van der Waals surface area contributed by atoms with Crippen LogP contribution in [0.15, 0.2) is 66.7 Å². The number of ether oxygens (including phenoxy) is 3. The van der Waals surface area contributed by atoms with E-state index in [1.54, 1.807) is 23.1 Å². The van der Waals surface area contributed by atoms with E-state index in [0.29, 0.717) is 23.7 Å². The second kappa shape index (κ2) is 12.8. The van der Waals surface area contributed by atoms with Crippen LogP contribution in [-0.4, -0.2) is 66.9 Å². The molecule has 9 heteroatoms. The summed E-state index contributed by atoms with van der Waals surface area (Å²) in [5, 5.41) is 12.3. The molecular formula is C32H34N2O7. The standard InChI is InChI=1S/C32H34N2O7/c1-2-39-29-18-21(13-14-28(29)40-20-30(35)34-15-7-8-16-34)17-27(31(36)37)33-32(38)41-19-26-24-11-5-3-9-22(24)23-10-4-6-12-25(23)26/h3-6,9-14,18,26-27H,2,7-8,15-17,19-20H2,1H3,(H,33,38)(H,36,37). The summed E-state index contributed by atoms with van der Waals surface area (Å²) in [6.07, 6.45) is 1.20. The summed E-state index contributed by atoms with van der Waals surface area (Å²) in [5.41, 5.74) is 4.99. The molecule has 0 radical (unpaired) electrons. The molecular weight excluding hydrogens is 524 g/mol. The lowest BCUT2D eigenvalue weighted by molar-refractivity contribution is -0.139. The topological polar surface area (TPSA) is 114 Å². The number of alkyl carbamates (subject to hydrolysis) is 1. The molecule has 2 amide bonds. The number of fused-ring (bicyclic) bond motifs is 3. The number of nitrogens with zero attached hydrogens (tertiary/aromatic N) is 1. The van der Waals surface area contributed by atoms with Gasteiger partial charge in [0.1, 0.15) is 12.6 Å². The van der Waals surface area contributed by atoms with Gasteiger partial charge < -0.3 is 29.5 Å². The molecule has 3 aromatic rings. The summed E-state index contributed by atoms with van der Waals surface area (Å²) in [6, 6.07) is 19.8. The largest absolute Gasteiger partial charge is 0.490 e. The van der Waals surface area contributed by atoms with Crippen molar-refractivity contribution in [2.24, 2.45) is 0 Å². The second-order valence-electron chi connectivity index (χ2n) is 10.2. The molecule has 1 heterocycles. The number of amides is 2. The fourth-order valence-electron chi connectivity index (χ4n) is 5.48. The Balaban J connectivity index is 1.21. The maximum Gasteiger partial charge on any atom is 0.407 e. The molecule has 0 saturated carbocycles. The number of carboxylic acids is 1. The Labute approximate surface area is 239 Å². The van der Waals surface area contributed by atoms with Crippen LogP contribution in [-0.2, 0) is 20.7 Å². The number of hydrogen-bond donors (Lipinski definition) is 2. The molecule has 0 bridgehead atoms. The molecule has 1 unspecified atom stereocenters. The van der Waals surface area contributed by atoms with Gasteiger partial charge in [-0.05, 0) is 59.7 Å². The maximum absolute atomic E-state index is 12.7. The third-order valence-electron chi connectivity index (χ3n) is 7.49. The van der Waals surface area contributed by atoms with Crippen molar-refractivity contribution in [2.45, 2.75) is 38.1 Å². The fourth-order valence-corrected chi connectivity index (χ4v) is 5.48. The van der Waals surface area contributed by atoms with Crippen LogP contribution in [0.3, 0.4) is 0 Å². The van der Waals surface area contributed by atoms with Crippen molar-refractivity contribution in [1.29, 1.82) is 0 Å². The highest BCUT2D eigenvalue weighted by molar-refractivity contribution is 5.81. The minimum Gasteiger partial charge on any atom is -0.490 e. The molecule has 0 spiro atoms. The highest BCUT2D eigenvalue weighted by Gasteiger charge is 2.30. The Morgan fingerprint density at radius 3 is 2.22 bits per heavy atom. The van der Waals surface area contributed by atoms with Crippen LogP contribution in [0.1, 0.15) is 42.4 Å². The van der Waals surface area contributed by atoms with Gasteiger partial charge in [-0.1, -0.05) is 54.6 Å². The number of benzene rings is 3. The molecule has 41 heavy (non-hydrogen) atoms. The zero-order valence-electron chi connectivity index (χ0n) is 23.0. The summed E-state index contributed by atoms with van der Waals surface area (Å²) >= 11 is 0.